The normalized spacial score (nSPS) is 19.0. The Kier molecular flexibility index (Phi) is 3.92. The summed E-state index contributed by atoms with van der Waals surface area (Å²) in [6.45, 7) is 1.64. The number of carbonyl (C=O) groups excluding carboxylic acids is 2. The highest BCUT2D eigenvalue weighted by atomic mass is 16.5. The van der Waals surface area contributed by atoms with Crippen LogP contribution in [0.1, 0.15) is 32.6 Å². The molecule has 4 heteroatoms. The van der Waals surface area contributed by atoms with Crippen molar-refractivity contribution < 1.29 is 14.3 Å². The van der Waals surface area contributed by atoms with E-state index >= 15 is 0 Å². The van der Waals surface area contributed by atoms with E-state index in [0.717, 1.165) is 25.7 Å². The Morgan fingerprint density at radius 2 is 1.93 bits per heavy atom. The van der Waals surface area contributed by atoms with Gasteiger partial charge in [0.2, 0.25) is 5.91 Å². The molecule has 1 atom stereocenters. The first kappa shape index (κ1) is 11.0. The summed E-state index contributed by atoms with van der Waals surface area (Å²) < 4.78 is 4.52. The van der Waals surface area contributed by atoms with E-state index < -0.39 is 12.0 Å². The lowest BCUT2D eigenvalue weighted by molar-refractivity contribution is -0.145. The van der Waals surface area contributed by atoms with E-state index in [2.05, 4.69) is 10.1 Å². The van der Waals surface area contributed by atoms with Crippen LogP contribution in [-0.4, -0.2) is 25.0 Å². The summed E-state index contributed by atoms with van der Waals surface area (Å²) in [6.07, 6.45) is 4.12. The van der Waals surface area contributed by atoms with Gasteiger partial charge in [-0.05, 0) is 19.8 Å². The molecule has 0 radical (unpaired) electrons. The fourth-order valence-electron chi connectivity index (χ4n) is 1.75. The number of ether oxygens (including phenoxy) is 1. The van der Waals surface area contributed by atoms with E-state index in [1.165, 1.54) is 7.11 Å². The Balaban J connectivity index is 2.35. The number of rotatable bonds is 3. The first-order chi connectivity index (χ1) is 6.65. The SMILES string of the molecule is COC(=O)[C@H](C)NC(=O)C1CCCC1. The van der Waals surface area contributed by atoms with Gasteiger partial charge in [-0.25, -0.2) is 4.79 Å². The number of methoxy groups -OCH3 is 1. The third-order valence-electron chi connectivity index (χ3n) is 2.64. The number of nitrogens with one attached hydrogen (secondary N) is 1. The van der Waals surface area contributed by atoms with E-state index in [1.54, 1.807) is 6.92 Å². The second-order valence-corrected chi connectivity index (χ2v) is 3.73. The molecular weight excluding hydrogens is 182 g/mol. The minimum Gasteiger partial charge on any atom is -0.467 e. The number of hydrogen-bond acceptors (Lipinski definition) is 3. The quantitative estimate of drug-likeness (QED) is 0.686. The maximum atomic E-state index is 11.6. The first-order valence-corrected chi connectivity index (χ1v) is 5.03. The summed E-state index contributed by atoms with van der Waals surface area (Å²) in [6, 6.07) is -0.534. The molecule has 0 bridgehead atoms. The minimum absolute atomic E-state index is 0.0135. The standard InChI is InChI=1S/C10H17NO3/c1-7(10(13)14-2)11-9(12)8-5-3-4-6-8/h7-8H,3-6H2,1-2H3,(H,11,12)/t7-/m0/s1. The van der Waals surface area contributed by atoms with Crippen LogP contribution < -0.4 is 5.32 Å². The van der Waals surface area contributed by atoms with Gasteiger partial charge in [0.15, 0.2) is 0 Å². The van der Waals surface area contributed by atoms with Crippen molar-refractivity contribution in [3.63, 3.8) is 0 Å². The van der Waals surface area contributed by atoms with Gasteiger partial charge in [-0.15, -0.1) is 0 Å². The number of hydrogen-bond donors (Lipinski definition) is 1. The van der Waals surface area contributed by atoms with Crippen molar-refractivity contribution in [1.29, 1.82) is 0 Å². The zero-order valence-corrected chi connectivity index (χ0v) is 8.71. The molecule has 0 unspecified atom stereocenters. The molecule has 1 aliphatic rings. The van der Waals surface area contributed by atoms with Crippen LogP contribution in [0.3, 0.4) is 0 Å². The van der Waals surface area contributed by atoms with Gasteiger partial charge in [-0.1, -0.05) is 12.8 Å². The molecule has 14 heavy (non-hydrogen) atoms. The highest BCUT2D eigenvalue weighted by molar-refractivity contribution is 5.85. The van der Waals surface area contributed by atoms with Crippen molar-refractivity contribution in [2.75, 3.05) is 7.11 Å². The molecule has 1 aliphatic carbocycles. The van der Waals surface area contributed by atoms with Gasteiger partial charge in [0.1, 0.15) is 6.04 Å². The predicted molar refractivity (Wildman–Crippen MR) is 51.6 cm³/mol. The molecule has 0 aromatic carbocycles. The Morgan fingerprint density at radius 1 is 1.36 bits per heavy atom. The molecule has 1 rings (SSSR count). The van der Waals surface area contributed by atoms with Crippen LogP contribution in [0.5, 0.6) is 0 Å². The molecule has 0 heterocycles. The third-order valence-corrected chi connectivity index (χ3v) is 2.64. The van der Waals surface area contributed by atoms with Crippen molar-refractivity contribution in [2.45, 2.75) is 38.6 Å². The molecule has 4 nitrogen and oxygen atoms in total. The van der Waals surface area contributed by atoms with E-state index in [1.807, 2.05) is 0 Å². The Labute approximate surface area is 84.0 Å². The van der Waals surface area contributed by atoms with Gasteiger partial charge < -0.3 is 10.1 Å². The maximum Gasteiger partial charge on any atom is 0.328 e. The smallest absolute Gasteiger partial charge is 0.328 e. The van der Waals surface area contributed by atoms with Crippen molar-refractivity contribution >= 4 is 11.9 Å². The number of esters is 1. The molecule has 1 amide bonds. The molecule has 0 aliphatic heterocycles. The highest BCUT2D eigenvalue weighted by Crippen LogP contribution is 2.24. The highest BCUT2D eigenvalue weighted by Gasteiger charge is 2.25. The van der Waals surface area contributed by atoms with Crippen LogP contribution in [0.15, 0.2) is 0 Å². The molecule has 0 aromatic rings. The zero-order chi connectivity index (χ0) is 10.6. The third kappa shape index (κ3) is 2.72. The van der Waals surface area contributed by atoms with Gasteiger partial charge in [0, 0.05) is 5.92 Å². The average Bonchev–Trinajstić information content (AvgIpc) is 2.69. The molecule has 80 valence electrons. The predicted octanol–water partition coefficient (Wildman–Crippen LogP) is 0.854. The van der Waals surface area contributed by atoms with E-state index in [4.69, 9.17) is 0 Å². The largest absolute Gasteiger partial charge is 0.467 e. The van der Waals surface area contributed by atoms with Gasteiger partial charge in [-0.3, -0.25) is 4.79 Å². The van der Waals surface area contributed by atoms with Crippen molar-refractivity contribution in [2.24, 2.45) is 5.92 Å². The molecular formula is C10H17NO3. The molecule has 1 N–H and O–H groups in total. The lowest BCUT2D eigenvalue weighted by Crippen LogP contribution is -2.41. The van der Waals surface area contributed by atoms with Gasteiger partial charge in [0.05, 0.1) is 7.11 Å². The molecule has 1 fully saturated rings. The minimum atomic E-state index is -0.534. The van der Waals surface area contributed by atoms with Crippen molar-refractivity contribution in [3.8, 4) is 0 Å². The number of amides is 1. The maximum absolute atomic E-state index is 11.6. The lowest BCUT2D eigenvalue weighted by atomic mass is 10.1. The average molecular weight is 199 g/mol. The van der Waals surface area contributed by atoms with Gasteiger partial charge in [-0.2, -0.15) is 0 Å². The summed E-state index contributed by atoms with van der Waals surface area (Å²) in [4.78, 5) is 22.6. The second kappa shape index (κ2) is 4.98. The van der Waals surface area contributed by atoms with Crippen molar-refractivity contribution in [3.05, 3.63) is 0 Å². The fraction of sp³-hybridized carbons (Fsp3) is 0.800. The van der Waals surface area contributed by atoms with Gasteiger partial charge in [0.25, 0.3) is 0 Å². The molecule has 0 spiro atoms. The fourth-order valence-corrected chi connectivity index (χ4v) is 1.75. The molecule has 1 saturated carbocycles. The van der Waals surface area contributed by atoms with Crippen LogP contribution in [0.2, 0.25) is 0 Å². The topological polar surface area (TPSA) is 55.4 Å². The molecule has 0 saturated heterocycles. The summed E-state index contributed by atoms with van der Waals surface area (Å²) >= 11 is 0. The summed E-state index contributed by atoms with van der Waals surface area (Å²) in [7, 11) is 1.32. The second-order valence-electron chi connectivity index (χ2n) is 3.73. The van der Waals surface area contributed by atoms with Crippen LogP contribution in [0.25, 0.3) is 0 Å². The summed E-state index contributed by atoms with van der Waals surface area (Å²) in [5.41, 5.74) is 0. The van der Waals surface area contributed by atoms with Gasteiger partial charge >= 0.3 is 5.97 Å². The first-order valence-electron chi connectivity index (χ1n) is 5.03. The molecule has 0 aromatic heterocycles. The van der Waals surface area contributed by atoms with E-state index in [0.29, 0.717) is 0 Å². The Morgan fingerprint density at radius 3 is 2.43 bits per heavy atom. The van der Waals surface area contributed by atoms with Crippen LogP contribution in [0.4, 0.5) is 0 Å². The van der Waals surface area contributed by atoms with Crippen molar-refractivity contribution in [1.82, 2.24) is 5.32 Å². The van der Waals surface area contributed by atoms with Crippen LogP contribution in [-0.2, 0) is 14.3 Å². The Hall–Kier alpha value is -1.06. The summed E-state index contributed by atoms with van der Waals surface area (Å²) in [5, 5.41) is 2.66. The zero-order valence-electron chi connectivity index (χ0n) is 8.71. The van der Waals surface area contributed by atoms with Crippen LogP contribution in [0, 0.1) is 5.92 Å². The van der Waals surface area contributed by atoms with E-state index in [-0.39, 0.29) is 11.8 Å². The number of carbonyl (C=O) groups is 2. The summed E-state index contributed by atoms with van der Waals surface area (Å²) in [5.74, 6) is -0.307. The Bertz CT molecular complexity index is 221. The van der Waals surface area contributed by atoms with Crippen LogP contribution >= 0.6 is 0 Å². The lowest BCUT2D eigenvalue weighted by Gasteiger charge is -2.14. The monoisotopic (exact) mass is 199 g/mol. The van der Waals surface area contributed by atoms with E-state index in [9.17, 15) is 9.59 Å².